The molecule has 1 aliphatic heterocycles. The molecule has 1 fully saturated rings. The summed E-state index contributed by atoms with van der Waals surface area (Å²) in [6.45, 7) is 8.61. The van der Waals surface area contributed by atoms with Crippen molar-refractivity contribution in [2.45, 2.75) is 109 Å². The summed E-state index contributed by atoms with van der Waals surface area (Å²) in [7, 11) is 1.64. The van der Waals surface area contributed by atoms with E-state index in [1.165, 1.54) is 4.90 Å². The Bertz CT molecular complexity index is 1500. The van der Waals surface area contributed by atoms with Crippen LogP contribution in [0.1, 0.15) is 89.8 Å². The Kier molecular flexibility index (Phi) is 17.6. The molecule has 0 radical (unpaired) electrons. The normalized spacial score (nSPS) is 16.2. The number of urea groups is 1. The largest absolute Gasteiger partial charge is 0.462 e. The van der Waals surface area contributed by atoms with Crippen molar-refractivity contribution in [1.29, 1.82) is 0 Å². The molecule has 13 nitrogen and oxygen atoms in total. The molecule has 1 aliphatic rings. The predicted octanol–water partition coefficient (Wildman–Crippen LogP) is 3.45. The lowest BCUT2D eigenvalue weighted by molar-refractivity contribution is -0.157. The second-order valence-corrected chi connectivity index (χ2v) is 15.2. The highest BCUT2D eigenvalue weighted by Crippen LogP contribution is 2.26. The molecule has 13 heteroatoms. The van der Waals surface area contributed by atoms with E-state index in [2.05, 4.69) is 10.6 Å². The Morgan fingerprint density at radius 2 is 1.48 bits per heavy atom. The van der Waals surface area contributed by atoms with Gasteiger partial charge in [-0.05, 0) is 69.5 Å². The summed E-state index contributed by atoms with van der Waals surface area (Å²) < 4.78 is 5.37. The molecular formula is C41H63N7O6. The average molecular weight is 750 g/mol. The smallest absolute Gasteiger partial charge is 0.326 e. The summed E-state index contributed by atoms with van der Waals surface area (Å²) in [5, 5.41) is 5.86. The molecule has 1 heterocycles. The fourth-order valence-electron chi connectivity index (χ4n) is 6.81. The number of hydrogen-bond donors (Lipinski definition) is 5. The van der Waals surface area contributed by atoms with E-state index in [1.807, 2.05) is 74.5 Å². The number of ether oxygens (including phenoxy) is 1. The van der Waals surface area contributed by atoms with Gasteiger partial charge in [-0.15, -0.1) is 0 Å². The van der Waals surface area contributed by atoms with Gasteiger partial charge in [-0.25, -0.2) is 4.79 Å². The maximum Gasteiger partial charge on any atom is 0.326 e. The number of rotatable bonds is 20. The molecule has 1 saturated heterocycles. The zero-order valence-corrected chi connectivity index (χ0v) is 32.8. The minimum Gasteiger partial charge on any atom is -0.462 e. The van der Waals surface area contributed by atoms with Crippen LogP contribution in [0.2, 0.25) is 0 Å². The molecule has 3 rings (SSSR count). The molecule has 4 amide bonds. The number of carbonyl (C=O) groups is 5. The number of carbonyl (C=O) groups excluding carboxylic acids is 5. The number of nitrogens with one attached hydrogen (secondary N) is 2. The Morgan fingerprint density at radius 1 is 0.870 bits per heavy atom. The molecule has 2 aromatic carbocycles. The number of likely N-dealkylation sites (N-methyl/N-ethyl adjacent to an activating group) is 1. The van der Waals surface area contributed by atoms with Gasteiger partial charge >= 0.3 is 12.0 Å². The molecule has 0 aliphatic carbocycles. The summed E-state index contributed by atoms with van der Waals surface area (Å²) >= 11 is 0. The molecule has 1 unspecified atom stereocenters. The van der Waals surface area contributed by atoms with Gasteiger partial charge in [0.05, 0.1) is 18.2 Å². The highest BCUT2D eigenvalue weighted by Gasteiger charge is 2.42. The SMILES string of the molecule is CC(C)C[C@@H](NC(=O)[C@@H](Cc1ccccc1)NC(=O)N(C)C(CN)c1ccccc1)C(=O)C[C@H](CCCCN)C(=O)N1CCC(N)(C(=O)OC(C)C)CC1. The quantitative estimate of drug-likeness (QED) is 0.0993. The molecular weight excluding hydrogens is 686 g/mol. The lowest BCUT2D eigenvalue weighted by Gasteiger charge is -2.39. The number of amides is 4. The number of piperidine rings is 1. The van der Waals surface area contributed by atoms with Gasteiger partial charge in [0.25, 0.3) is 0 Å². The van der Waals surface area contributed by atoms with E-state index in [4.69, 9.17) is 21.9 Å². The standard InChI is InChI=1S/C41H63N7O6/c1-28(2)24-33(36(49)26-32(18-12-13-21-42)38(51)48-22-19-41(44,20-23-48)39(52)54-29(3)4)45-37(50)34(25-30-14-8-6-9-15-30)46-40(53)47(5)35(27-43)31-16-10-7-11-17-31/h6-11,14-17,28-29,32-35H,12-13,18-27,42-44H2,1-5H3,(H,45,50)(H,46,53)/t32-,33+,34+,35?/m0/s1. The molecule has 2 aromatic rings. The first-order valence-electron chi connectivity index (χ1n) is 19.3. The maximum absolute atomic E-state index is 14.1. The number of Topliss-reactive ketones (excluding diaryl/α,β-unsaturated/α-hetero) is 1. The highest BCUT2D eigenvalue weighted by molar-refractivity contribution is 5.95. The molecule has 0 aromatic heterocycles. The van der Waals surface area contributed by atoms with E-state index in [-0.39, 0.29) is 69.0 Å². The minimum absolute atomic E-state index is 0.0421. The van der Waals surface area contributed by atoms with E-state index >= 15 is 0 Å². The lowest BCUT2D eigenvalue weighted by atomic mass is 9.86. The number of likely N-dealkylation sites (tertiary alicyclic amines) is 1. The van der Waals surface area contributed by atoms with Crippen molar-refractivity contribution in [3.63, 3.8) is 0 Å². The summed E-state index contributed by atoms with van der Waals surface area (Å²) in [5.74, 6) is -2.01. The first-order valence-corrected chi connectivity index (χ1v) is 19.3. The number of unbranched alkanes of at least 4 members (excludes halogenated alkanes) is 1. The van der Waals surface area contributed by atoms with E-state index in [0.717, 1.165) is 11.1 Å². The van der Waals surface area contributed by atoms with E-state index in [9.17, 15) is 24.0 Å². The Hall–Kier alpha value is -4.33. The van der Waals surface area contributed by atoms with Gasteiger partial charge in [-0.3, -0.25) is 19.2 Å². The highest BCUT2D eigenvalue weighted by atomic mass is 16.5. The fourth-order valence-corrected chi connectivity index (χ4v) is 6.81. The number of esters is 1. The second-order valence-electron chi connectivity index (χ2n) is 15.2. The average Bonchev–Trinajstić information content (AvgIpc) is 3.14. The molecule has 4 atom stereocenters. The van der Waals surface area contributed by atoms with Gasteiger partial charge in [-0.1, -0.05) is 80.9 Å². The van der Waals surface area contributed by atoms with E-state index in [1.54, 1.807) is 25.8 Å². The van der Waals surface area contributed by atoms with Crippen LogP contribution in [0.15, 0.2) is 60.7 Å². The summed E-state index contributed by atoms with van der Waals surface area (Å²) in [6.07, 6.45) is 2.47. The van der Waals surface area contributed by atoms with Gasteiger partial charge in [-0.2, -0.15) is 0 Å². The van der Waals surface area contributed by atoms with Crippen LogP contribution in [0.4, 0.5) is 4.79 Å². The Morgan fingerprint density at radius 3 is 2.04 bits per heavy atom. The zero-order valence-electron chi connectivity index (χ0n) is 32.8. The maximum atomic E-state index is 14.1. The first-order chi connectivity index (χ1) is 25.7. The minimum atomic E-state index is -1.17. The van der Waals surface area contributed by atoms with Crippen molar-refractivity contribution < 1.29 is 28.7 Å². The number of ketones is 1. The van der Waals surface area contributed by atoms with Crippen molar-refractivity contribution in [2.24, 2.45) is 29.0 Å². The number of nitrogens with zero attached hydrogens (tertiary/aromatic N) is 2. The molecule has 8 N–H and O–H groups in total. The van der Waals surface area contributed by atoms with Crippen LogP contribution >= 0.6 is 0 Å². The molecule has 298 valence electrons. The number of nitrogens with two attached hydrogens (primary N) is 3. The summed E-state index contributed by atoms with van der Waals surface area (Å²) in [5.41, 5.74) is 18.8. The van der Waals surface area contributed by atoms with Gasteiger partial charge in [0.2, 0.25) is 11.8 Å². The van der Waals surface area contributed by atoms with Crippen LogP contribution in [0.25, 0.3) is 0 Å². The van der Waals surface area contributed by atoms with Gasteiger partial charge in [0.15, 0.2) is 5.78 Å². The van der Waals surface area contributed by atoms with Crippen LogP contribution in [0, 0.1) is 11.8 Å². The van der Waals surface area contributed by atoms with E-state index < -0.39 is 47.5 Å². The van der Waals surface area contributed by atoms with Crippen molar-refractivity contribution in [2.75, 3.05) is 33.2 Å². The fraction of sp³-hybridized carbons (Fsp3) is 0.585. The van der Waals surface area contributed by atoms with Crippen LogP contribution in [-0.4, -0.2) is 96.4 Å². The number of hydrogen-bond acceptors (Lipinski definition) is 9. The first kappa shape index (κ1) is 44.1. The van der Waals surface area contributed by atoms with Crippen molar-refractivity contribution in [3.05, 3.63) is 71.8 Å². The lowest BCUT2D eigenvalue weighted by Crippen LogP contribution is -2.58. The summed E-state index contributed by atoms with van der Waals surface area (Å²) in [4.78, 5) is 71.7. The molecule has 54 heavy (non-hydrogen) atoms. The monoisotopic (exact) mass is 749 g/mol. The predicted molar refractivity (Wildman–Crippen MR) is 210 cm³/mol. The van der Waals surface area contributed by atoms with Crippen LogP contribution < -0.4 is 27.8 Å². The second kappa shape index (κ2) is 21.5. The van der Waals surface area contributed by atoms with Crippen LogP contribution in [0.5, 0.6) is 0 Å². The Balaban J connectivity index is 1.79. The van der Waals surface area contributed by atoms with Crippen molar-refractivity contribution in [3.8, 4) is 0 Å². The van der Waals surface area contributed by atoms with Crippen LogP contribution in [0.3, 0.4) is 0 Å². The van der Waals surface area contributed by atoms with Gasteiger partial charge < -0.3 is 42.4 Å². The molecule has 0 spiro atoms. The van der Waals surface area contributed by atoms with E-state index in [0.29, 0.717) is 32.2 Å². The third kappa shape index (κ3) is 13.2. The van der Waals surface area contributed by atoms with Crippen molar-refractivity contribution >= 4 is 29.6 Å². The topological polar surface area (TPSA) is 203 Å². The molecule has 0 bridgehead atoms. The number of benzene rings is 2. The van der Waals surface area contributed by atoms with Crippen LogP contribution in [-0.2, 0) is 30.3 Å². The van der Waals surface area contributed by atoms with Crippen molar-refractivity contribution in [1.82, 2.24) is 20.4 Å². The Labute approximate surface area is 321 Å². The zero-order chi connectivity index (χ0) is 39.8. The van der Waals surface area contributed by atoms with Gasteiger partial charge in [0.1, 0.15) is 11.6 Å². The molecule has 0 saturated carbocycles. The summed E-state index contributed by atoms with van der Waals surface area (Å²) in [6, 6.07) is 16.0. The third-order valence-corrected chi connectivity index (χ3v) is 10.0. The van der Waals surface area contributed by atoms with Gasteiger partial charge in [0, 0.05) is 45.4 Å². The third-order valence-electron chi connectivity index (χ3n) is 10.0.